The van der Waals surface area contributed by atoms with Gasteiger partial charge in [-0.05, 0) is 11.1 Å². The van der Waals surface area contributed by atoms with E-state index in [4.69, 9.17) is 5.73 Å². The lowest BCUT2D eigenvalue weighted by atomic mass is 9.89. The Morgan fingerprint density at radius 2 is 1.70 bits per heavy atom. The maximum atomic E-state index is 12.7. The van der Waals surface area contributed by atoms with E-state index in [-0.39, 0.29) is 0 Å². The molecule has 2 aromatic rings. The second-order valence-electron chi connectivity index (χ2n) is 5.97. The van der Waals surface area contributed by atoms with Crippen LogP contribution in [0.25, 0.3) is 0 Å². The standard InChI is InChI=1S/C20H18N4O2S/c21-11-15-16(14-9-5-2-6-10-14)17(27-18(15)22)19(25)24-20(26)23-12-13-7-3-1-4-8-13/h1-10,16-17H,12,22H2,(H2,23,24,25,26). The maximum Gasteiger partial charge on any atom is 0.321 e. The Balaban J connectivity index is 1.68. The zero-order chi connectivity index (χ0) is 19.2. The average molecular weight is 378 g/mol. The number of carbonyl (C=O) groups excluding carboxylic acids is 2. The lowest BCUT2D eigenvalue weighted by molar-refractivity contribution is -0.119. The molecular formula is C20H18N4O2S. The van der Waals surface area contributed by atoms with Crippen molar-refractivity contribution in [3.8, 4) is 6.07 Å². The van der Waals surface area contributed by atoms with Crippen molar-refractivity contribution in [2.75, 3.05) is 0 Å². The van der Waals surface area contributed by atoms with E-state index in [1.54, 1.807) is 0 Å². The largest absolute Gasteiger partial charge is 0.393 e. The van der Waals surface area contributed by atoms with Gasteiger partial charge in [0.25, 0.3) is 0 Å². The summed E-state index contributed by atoms with van der Waals surface area (Å²) in [4.78, 5) is 24.8. The molecule has 0 bridgehead atoms. The van der Waals surface area contributed by atoms with Crippen molar-refractivity contribution in [1.29, 1.82) is 5.26 Å². The Morgan fingerprint density at radius 3 is 2.33 bits per heavy atom. The molecule has 3 rings (SSSR count). The molecule has 6 nitrogen and oxygen atoms in total. The highest BCUT2D eigenvalue weighted by molar-refractivity contribution is 8.04. The number of thioether (sulfide) groups is 1. The summed E-state index contributed by atoms with van der Waals surface area (Å²) in [6, 6.07) is 20.1. The van der Waals surface area contributed by atoms with Crippen LogP contribution < -0.4 is 16.4 Å². The second-order valence-corrected chi connectivity index (χ2v) is 7.16. The lowest BCUT2D eigenvalue weighted by Crippen LogP contribution is -2.44. The fourth-order valence-electron chi connectivity index (χ4n) is 2.91. The number of hydrogen-bond donors (Lipinski definition) is 3. The number of nitrogens with two attached hydrogens (primary N) is 1. The summed E-state index contributed by atoms with van der Waals surface area (Å²) in [5, 5.41) is 14.1. The quantitative estimate of drug-likeness (QED) is 0.758. The third-order valence-corrected chi connectivity index (χ3v) is 5.42. The molecule has 2 aromatic carbocycles. The van der Waals surface area contributed by atoms with Crippen molar-refractivity contribution in [2.24, 2.45) is 5.73 Å². The van der Waals surface area contributed by atoms with Crippen LogP contribution in [0.3, 0.4) is 0 Å². The van der Waals surface area contributed by atoms with Crippen molar-refractivity contribution >= 4 is 23.7 Å². The molecule has 0 spiro atoms. The molecule has 0 aromatic heterocycles. The number of allylic oxidation sites excluding steroid dienone is 1. The number of nitriles is 1. The summed E-state index contributed by atoms with van der Waals surface area (Å²) in [6.07, 6.45) is 0. The predicted molar refractivity (Wildman–Crippen MR) is 104 cm³/mol. The Bertz CT molecular complexity index is 907. The molecule has 1 aliphatic heterocycles. The molecular weight excluding hydrogens is 360 g/mol. The van der Waals surface area contributed by atoms with Crippen LogP contribution in [0.2, 0.25) is 0 Å². The first-order chi connectivity index (χ1) is 13.1. The summed E-state index contributed by atoms with van der Waals surface area (Å²) < 4.78 is 0. The third-order valence-electron chi connectivity index (χ3n) is 4.20. The van der Waals surface area contributed by atoms with Gasteiger partial charge in [0.05, 0.1) is 16.7 Å². The molecule has 2 atom stereocenters. The monoisotopic (exact) mass is 378 g/mol. The maximum absolute atomic E-state index is 12.7. The van der Waals surface area contributed by atoms with Crippen LogP contribution >= 0.6 is 11.8 Å². The molecule has 0 saturated carbocycles. The van der Waals surface area contributed by atoms with Gasteiger partial charge in [-0.15, -0.1) is 0 Å². The smallest absolute Gasteiger partial charge is 0.321 e. The molecule has 27 heavy (non-hydrogen) atoms. The molecule has 7 heteroatoms. The summed E-state index contributed by atoms with van der Waals surface area (Å²) in [6.45, 7) is 0.309. The second kappa shape index (κ2) is 8.43. The van der Waals surface area contributed by atoms with Gasteiger partial charge in [-0.3, -0.25) is 10.1 Å². The van der Waals surface area contributed by atoms with Crippen LogP contribution in [0.5, 0.6) is 0 Å². The lowest BCUT2D eigenvalue weighted by Gasteiger charge is -2.19. The Hall–Kier alpha value is -3.24. The summed E-state index contributed by atoms with van der Waals surface area (Å²) >= 11 is 1.11. The fraction of sp³-hybridized carbons (Fsp3) is 0.150. The van der Waals surface area contributed by atoms with Gasteiger partial charge < -0.3 is 11.1 Å². The minimum absolute atomic E-state index is 0.309. The van der Waals surface area contributed by atoms with Crippen LogP contribution in [-0.2, 0) is 11.3 Å². The first-order valence-corrected chi connectivity index (χ1v) is 9.22. The Kier molecular flexibility index (Phi) is 5.79. The SMILES string of the molecule is N#CC1=C(N)SC(C(=O)NC(=O)NCc2ccccc2)C1c1ccccc1. The molecule has 136 valence electrons. The van der Waals surface area contributed by atoms with Gasteiger partial charge >= 0.3 is 6.03 Å². The van der Waals surface area contributed by atoms with Gasteiger partial charge in [0, 0.05) is 12.5 Å². The van der Waals surface area contributed by atoms with E-state index in [9.17, 15) is 14.9 Å². The van der Waals surface area contributed by atoms with Crippen LogP contribution in [0.1, 0.15) is 17.0 Å². The van der Waals surface area contributed by atoms with Crippen molar-refractivity contribution in [3.05, 3.63) is 82.4 Å². The van der Waals surface area contributed by atoms with E-state index in [0.717, 1.165) is 22.9 Å². The zero-order valence-corrected chi connectivity index (χ0v) is 15.2. The van der Waals surface area contributed by atoms with E-state index in [2.05, 4.69) is 16.7 Å². The summed E-state index contributed by atoms with van der Waals surface area (Å²) in [5.41, 5.74) is 8.05. The van der Waals surface area contributed by atoms with E-state index in [1.807, 2.05) is 60.7 Å². The van der Waals surface area contributed by atoms with Crippen molar-refractivity contribution < 1.29 is 9.59 Å². The number of nitrogens with one attached hydrogen (secondary N) is 2. The summed E-state index contributed by atoms with van der Waals surface area (Å²) in [7, 11) is 0. The molecule has 0 fully saturated rings. The van der Waals surface area contributed by atoms with E-state index in [1.165, 1.54) is 0 Å². The van der Waals surface area contributed by atoms with Crippen molar-refractivity contribution in [3.63, 3.8) is 0 Å². The number of nitrogens with zero attached hydrogens (tertiary/aromatic N) is 1. The molecule has 3 amide bonds. The highest BCUT2D eigenvalue weighted by Gasteiger charge is 2.41. The first-order valence-electron chi connectivity index (χ1n) is 8.34. The molecule has 0 radical (unpaired) electrons. The van der Waals surface area contributed by atoms with E-state index in [0.29, 0.717) is 17.1 Å². The molecule has 4 N–H and O–H groups in total. The highest BCUT2D eigenvalue weighted by Crippen LogP contribution is 2.45. The first kappa shape index (κ1) is 18.5. The normalized spacial score (nSPS) is 18.6. The van der Waals surface area contributed by atoms with Gasteiger partial charge in [0.1, 0.15) is 5.25 Å². The third kappa shape index (κ3) is 4.30. The van der Waals surface area contributed by atoms with Gasteiger partial charge in [0.15, 0.2) is 0 Å². The fourth-order valence-corrected chi connectivity index (χ4v) is 4.08. The number of amides is 3. The Morgan fingerprint density at radius 1 is 1.07 bits per heavy atom. The minimum Gasteiger partial charge on any atom is -0.393 e. The zero-order valence-electron chi connectivity index (χ0n) is 14.4. The van der Waals surface area contributed by atoms with Gasteiger partial charge in [-0.25, -0.2) is 4.79 Å². The van der Waals surface area contributed by atoms with Crippen LogP contribution in [0, 0.1) is 11.3 Å². The van der Waals surface area contributed by atoms with Gasteiger partial charge in [-0.2, -0.15) is 5.26 Å². The van der Waals surface area contributed by atoms with Crippen LogP contribution in [0.4, 0.5) is 4.79 Å². The number of urea groups is 1. The topological polar surface area (TPSA) is 108 Å². The number of hydrogen-bond acceptors (Lipinski definition) is 5. The summed E-state index contributed by atoms with van der Waals surface area (Å²) in [5.74, 6) is -0.962. The molecule has 0 saturated heterocycles. The van der Waals surface area contributed by atoms with E-state index < -0.39 is 23.1 Å². The van der Waals surface area contributed by atoms with Gasteiger partial charge in [-0.1, -0.05) is 72.4 Å². The Labute approximate surface area is 161 Å². The minimum atomic E-state index is -0.676. The molecule has 1 heterocycles. The number of benzene rings is 2. The number of rotatable bonds is 4. The highest BCUT2D eigenvalue weighted by atomic mass is 32.2. The molecule has 1 aliphatic rings. The average Bonchev–Trinajstić information content (AvgIpc) is 3.04. The van der Waals surface area contributed by atoms with Crippen LogP contribution in [0.15, 0.2) is 71.3 Å². The number of carbonyl (C=O) groups is 2. The van der Waals surface area contributed by atoms with Crippen LogP contribution in [-0.4, -0.2) is 17.2 Å². The molecule has 0 aliphatic carbocycles. The predicted octanol–water partition coefficient (Wildman–Crippen LogP) is 2.61. The van der Waals surface area contributed by atoms with Crippen molar-refractivity contribution in [1.82, 2.24) is 10.6 Å². The molecule has 2 unspecified atom stereocenters. The van der Waals surface area contributed by atoms with Gasteiger partial charge in [0.2, 0.25) is 5.91 Å². The van der Waals surface area contributed by atoms with E-state index >= 15 is 0 Å². The van der Waals surface area contributed by atoms with Crippen molar-refractivity contribution in [2.45, 2.75) is 17.7 Å². The number of imide groups is 1.